The first-order valence-corrected chi connectivity index (χ1v) is 11.7. The molecule has 0 fully saturated rings. The lowest BCUT2D eigenvalue weighted by atomic mass is 10.1. The Balaban J connectivity index is 1.56. The Labute approximate surface area is 209 Å². The zero-order chi connectivity index (χ0) is 25.7. The number of pyridine rings is 1. The minimum absolute atomic E-state index is 0.124. The molecule has 1 N–H and O–H groups in total. The Morgan fingerprint density at radius 1 is 1.17 bits per heavy atom. The van der Waals surface area contributed by atoms with Gasteiger partial charge in [-0.2, -0.15) is 0 Å². The van der Waals surface area contributed by atoms with Gasteiger partial charge in [0, 0.05) is 43.4 Å². The van der Waals surface area contributed by atoms with Gasteiger partial charge in [0.2, 0.25) is 0 Å². The van der Waals surface area contributed by atoms with E-state index in [2.05, 4.69) is 4.98 Å². The summed E-state index contributed by atoms with van der Waals surface area (Å²) in [5, 5.41) is 20.2. The van der Waals surface area contributed by atoms with Crippen LogP contribution in [0, 0.1) is 15.9 Å². The van der Waals surface area contributed by atoms with E-state index in [9.17, 15) is 24.4 Å². The van der Waals surface area contributed by atoms with Crippen LogP contribution in [0.5, 0.6) is 11.5 Å². The molecular formula is C25H22FN3O6S. The summed E-state index contributed by atoms with van der Waals surface area (Å²) in [5.41, 5.74) is 2.22. The summed E-state index contributed by atoms with van der Waals surface area (Å²) in [7, 11) is 1.53. The Kier molecular flexibility index (Phi) is 7.71. The SMILES string of the molecule is COCCN(CCc1cccc(-c2cc3nccc(Oc4ccc([N+](=O)[O-])cc4F)c3s2)c1)C(=O)O. The Hall–Kier alpha value is -4.09. The van der Waals surface area contributed by atoms with Gasteiger partial charge in [-0.15, -0.1) is 11.3 Å². The molecule has 0 radical (unpaired) electrons. The maximum Gasteiger partial charge on any atom is 0.407 e. The van der Waals surface area contributed by atoms with E-state index in [4.69, 9.17) is 9.47 Å². The van der Waals surface area contributed by atoms with Gasteiger partial charge in [0.25, 0.3) is 5.69 Å². The van der Waals surface area contributed by atoms with Crippen LogP contribution in [-0.2, 0) is 11.2 Å². The summed E-state index contributed by atoms with van der Waals surface area (Å²) in [4.78, 5) is 28.3. The van der Waals surface area contributed by atoms with Crippen molar-refractivity contribution in [3.05, 3.63) is 82.3 Å². The van der Waals surface area contributed by atoms with Crippen molar-refractivity contribution in [3.8, 4) is 21.9 Å². The van der Waals surface area contributed by atoms with Crippen LogP contribution in [0.1, 0.15) is 5.56 Å². The summed E-state index contributed by atoms with van der Waals surface area (Å²) in [6.07, 6.45) is 1.10. The summed E-state index contributed by atoms with van der Waals surface area (Å²) in [6.45, 7) is 0.968. The molecule has 2 aromatic heterocycles. The molecule has 0 aliphatic carbocycles. The number of non-ortho nitro benzene ring substituents is 1. The number of halogens is 1. The van der Waals surface area contributed by atoms with Crippen LogP contribution in [0.25, 0.3) is 20.7 Å². The van der Waals surface area contributed by atoms with Gasteiger partial charge in [-0.1, -0.05) is 24.3 Å². The summed E-state index contributed by atoms with van der Waals surface area (Å²) >= 11 is 1.42. The van der Waals surface area contributed by atoms with Crippen molar-refractivity contribution in [3.63, 3.8) is 0 Å². The monoisotopic (exact) mass is 511 g/mol. The van der Waals surface area contributed by atoms with Gasteiger partial charge >= 0.3 is 6.09 Å². The molecule has 186 valence electrons. The first kappa shape index (κ1) is 25.0. The van der Waals surface area contributed by atoms with Gasteiger partial charge in [-0.05, 0) is 29.7 Å². The molecule has 1 amide bonds. The molecule has 4 aromatic rings. The number of nitro benzene ring substituents is 1. The van der Waals surface area contributed by atoms with Crippen LogP contribution in [0.2, 0.25) is 0 Å². The zero-order valence-electron chi connectivity index (χ0n) is 19.2. The first-order chi connectivity index (χ1) is 17.4. The number of benzene rings is 2. The van der Waals surface area contributed by atoms with E-state index in [1.54, 1.807) is 12.3 Å². The van der Waals surface area contributed by atoms with Crippen molar-refractivity contribution in [2.75, 3.05) is 26.8 Å². The molecule has 0 atom stereocenters. The third-order valence-electron chi connectivity index (χ3n) is 5.44. The van der Waals surface area contributed by atoms with E-state index in [1.807, 2.05) is 30.3 Å². The maximum atomic E-state index is 14.4. The van der Waals surface area contributed by atoms with Gasteiger partial charge < -0.3 is 19.5 Å². The number of amides is 1. The zero-order valence-corrected chi connectivity index (χ0v) is 20.0. The van der Waals surface area contributed by atoms with Crippen LogP contribution in [-0.4, -0.2) is 52.8 Å². The fraction of sp³-hybridized carbons (Fsp3) is 0.200. The predicted octanol–water partition coefficient (Wildman–Crippen LogP) is 5.97. The van der Waals surface area contributed by atoms with Crippen molar-refractivity contribution in [1.82, 2.24) is 9.88 Å². The number of ether oxygens (including phenoxy) is 2. The first-order valence-electron chi connectivity index (χ1n) is 10.9. The number of nitrogens with zero attached hydrogens (tertiary/aromatic N) is 3. The quantitative estimate of drug-likeness (QED) is 0.206. The smallest absolute Gasteiger partial charge is 0.407 e. The Bertz CT molecular complexity index is 1410. The van der Waals surface area contributed by atoms with E-state index < -0.39 is 16.8 Å². The van der Waals surface area contributed by atoms with Crippen molar-refractivity contribution in [2.45, 2.75) is 6.42 Å². The van der Waals surface area contributed by atoms with Gasteiger partial charge in [0.05, 0.1) is 27.8 Å². The van der Waals surface area contributed by atoms with Gasteiger partial charge in [-0.25, -0.2) is 9.18 Å². The second kappa shape index (κ2) is 11.1. The fourth-order valence-electron chi connectivity index (χ4n) is 3.59. The summed E-state index contributed by atoms with van der Waals surface area (Å²) < 4.78 is 25.8. The van der Waals surface area contributed by atoms with E-state index in [-0.39, 0.29) is 11.4 Å². The third kappa shape index (κ3) is 5.75. The number of fused-ring (bicyclic) bond motifs is 1. The highest BCUT2D eigenvalue weighted by Gasteiger charge is 2.16. The molecule has 2 heterocycles. The van der Waals surface area contributed by atoms with Crippen LogP contribution in [0.4, 0.5) is 14.9 Å². The Morgan fingerprint density at radius 2 is 2.00 bits per heavy atom. The number of rotatable bonds is 10. The number of hydrogen-bond donors (Lipinski definition) is 1. The number of carbonyl (C=O) groups is 1. The molecule has 0 spiro atoms. The van der Waals surface area contributed by atoms with Crippen LogP contribution >= 0.6 is 11.3 Å². The minimum atomic E-state index is -0.990. The molecule has 4 rings (SSSR count). The third-order valence-corrected chi connectivity index (χ3v) is 6.63. The van der Waals surface area contributed by atoms with E-state index in [1.165, 1.54) is 35.5 Å². The number of methoxy groups -OCH3 is 1. The van der Waals surface area contributed by atoms with Crippen LogP contribution < -0.4 is 4.74 Å². The van der Waals surface area contributed by atoms with Crippen LogP contribution in [0.15, 0.2) is 60.8 Å². The lowest BCUT2D eigenvalue weighted by Crippen LogP contribution is -2.34. The molecule has 36 heavy (non-hydrogen) atoms. The molecular weight excluding hydrogens is 489 g/mol. The average Bonchev–Trinajstić information content (AvgIpc) is 3.30. The lowest BCUT2D eigenvalue weighted by molar-refractivity contribution is -0.385. The predicted molar refractivity (Wildman–Crippen MR) is 133 cm³/mol. The number of hydrogen-bond acceptors (Lipinski definition) is 7. The fourth-order valence-corrected chi connectivity index (χ4v) is 4.65. The van der Waals surface area contributed by atoms with Gasteiger partial charge in [0.15, 0.2) is 11.6 Å². The molecule has 11 heteroatoms. The number of thiophene rings is 1. The van der Waals surface area contributed by atoms with Crippen molar-refractivity contribution in [2.24, 2.45) is 0 Å². The molecule has 0 aliphatic heterocycles. The minimum Gasteiger partial charge on any atom is -0.465 e. The highest BCUT2D eigenvalue weighted by Crippen LogP contribution is 2.40. The normalized spacial score (nSPS) is 10.9. The highest BCUT2D eigenvalue weighted by molar-refractivity contribution is 7.22. The van der Waals surface area contributed by atoms with Crippen molar-refractivity contribution < 1.29 is 28.7 Å². The van der Waals surface area contributed by atoms with Crippen LogP contribution in [0.3, 0.4) is 0 Å². The van der Waals surface area contributed by atoms with Crippen molar-refractivity contribution in [1.29, 1.82) is 0 Å². The number of nitro groups is 1. The molecule has 0 aliphatic rings. The highest BCUT2D eigenvalue weighted by atomic mass is 32.1. The van der Waals surface area contributed by atoms with Crippen molar-refractivity contribution >= 4 is 33.3 Å². The van der Waals surface area contributed by atoms with E-state index in [0.717, 1.165) is 22.1 Å². The van der Waals surface area contributed by atoms with Gasteiger partial charge in [0.1, 0.15) is 5.75 Å². The molecule has 2 aromatic carbocycles. The largest absolute Gasteiger partial charge is 0.465 e. The number of carboxylic acid groups (broad SMARTS) is 1. The molecule has 0 saturated heterocycles. The second-order valence-corrected chi connectivity index (χ2v) is 8.87. The molecule has 0 unspecified atom stereocenters. The molecule has 0 bridgehead atoms. The average molecular weight is 512 g/mol. The van der Waals surface area contributed by atoms with Gasteiger partial charge in [-0.3, -0.25) is 15.1 Å². The standard InChI is InChI=1S/C25H22FN3O6S/c1-34-12-11-28(25(30)31)10-8-16-3-2-4-17(13-16)23-15-20-24(36-23)22(7-9-27-20)35-21-6-5-18(29(32)33)14-19(21)26/h2-7,9,13-15H,8,10-12H2,1H3,(H,30,31). The second-order valence-electron chi connectivity index (χ2n) is 7.82. The topological polar surface area (TPSA) is 115 Å². The summed E-state index contributed by atoms with van der Waals surface area (Å²) in [5.74, 6) is -0.573. The van der Waals surface area contributed by atoms with E-state index >= 15 is 0 Å². The summed E-state index contributed by atoms with van der Waals surface area (Å²) in [6, 6.07) is 14.5. The lowest BCUT2D eigenvalue weighted by Gasteiger charge is -2.18. The van der Waals surface area contributed by atoms with E-state index in [0.29, 0.717) is 42.1 Å². The molecule has 9 nitrogen and oxygen atoms in total. The maximum absolute atomic E-state index is 14.4. The molecule has 0 saturated carbocycles. The Morgan fingerprint density at radius 3 is 2.72 bits per heavy atom. The number of aromatic nitrogens is 1.